The SMILES string of the molecule is Cc1cc(C)cc(N2C(N3CCCC3)=NC(N)=NC2Nc2cccc(Cl)c2)c1. The number of halogens is 1. The molecule has 0 aliphatic carbocycles. The molecule has 2 aliphatic heterocycles. The third-order valence-corrected chi connectivity index (χ3v) is 5.16. The van der Waals surface area contributed by atoms with Crippen LogP contribution >= 0.6 is 11.6 Å². The van der Waals surface area contributed by atoms with Crippen LogP contribution in [0.5, 0.6) is 0 Å². The van der Waals surface area contributed by atoms with E-state index in [9.17, 15) is 0 Å². The van der Waals surface area contributed by atoms with Gasteiger partial charge in [-0.15, -0.1) is 0 Å². The van der Waals surface area contributed by atoms with Crippen LogP contribution in [0.15, 0.2) is 52.4 Å². The summed E-state index contributed by atoms with van der Waals surface area (Å²) in [6, 6.07) is 14.1. The first-order chi connectivity index (χ1) is 13.5. The Bertz CT molecular complexity index is 912. The van der Waals surface area contributed by atoms with E-state index in [1.807, 2.05) is 24.3 Å². The quantitative estimate of drug-likeness (QED) is 0.824. The molecule has 0 radical (unpaired) electrons. The highest BCUT2D eigenvalue weighted by Gasteiger charge is 2.32. The number of aliphatic imine (C=N–C) groups is 2. The third kappa shape index (κ3) is 3.92. The van der Waals surface area contributed by atoms with E-state index in [1.165, 1.54) is 11.1 Å². The summed E-state index contributed by atoms with van der Waals surface area (Å²) in [5.41, 5.74) is 10.4. The van der Waals surface area contributed by atoms with Crippen molar-refractivity contribution < 1.29 is 0 Å². The van der Waals surface area contributed by atoms with Gasteiger partial charge in [-0.05, 0) is 68.1 Å². The van der Waals surface area contributed by atoms with Gasteiger partial charge in [-0.1, -0.05) is 23.7 Å². The smallest absolute Gasteiger partial charge is 0.222 e. The summed E-state index contributed by atoms with van der Waals surface area (Å²) < 4.78 is 0. The second kappa shape index (κ2) is 7.72. The number of hydrogen-bond acceptors (Lipinski definition) is 6. The number of rotatable bonds is 3. The lowest BCUT2D eigenvalue weighted by molar-refractivity contribution is 0.497. The number of anilines is 2. The zero-order valence-corrected chi connectivity index (χ0v) is 16.9. The first-order valence-electron chi connectivity index (χ1n) is 9.56. The van der Waals surface area contributed by atoms with Crippen molar-refractivity contribution in [2.45, 2.75) is 33.0 Å². The van der Waals surface area contributed by atoms with Crippen LogP contribution in [0.3, 0.4) is 0 Å². The second-order valence-corrected chi connectivity index (χ2v) is 7.77. The molecule has 4 rings (SSSR count). The van der Waals surface area contributed by atoms with Gasteiger partial charge in [-0.2, -0.15) is 4.99 Å². The van der Waals surface area contributed by atoms with E-state index in [4.69, 9.17) is 17.3 Å². The molecule has 2 aromatic rings. The molecule has 0 spiro atoms. The van der Waals surface area contributed by atoms with Gasteiger partial charge in [0.25, 0.3) is 0 Å². The van der Waals surface area contributed by atoms with Gasteiger partial charge in [-0.25, -0.2) is 4.99 Å². The van der Waals surface area contributed by atoms with Gasteiger partial charge >= 0.3 is 0 Å². The number of nitrogens with zero attached hydrogens (tertiary/aromatic N) is 4. The van der Waals surface area contributed by atoms with Gasteiger partial charge < -0.3 is 16.0 Å². The van der Waals surface area contributed by atoms with Crippen molar-refractivity contribution in [3.05, 3.63) is 58.6 Å². The molecule has 2 heterocycles. The van der Waals surface area contributed by atoms with Crippen LogP contribution in [-0.2, 0) is 0 Å². The van der Waals surface area contributed by atoms with Crippen molar-refractivity contribution in [2.75, 3.05) is 23.3 Å². The molecule has 146 valence electrons. The first kappa shape index (κ1) is 18.6. The topological polar surface area (TPSA) is 69.2 Å². The van der Waals surface area contributed by atoms with Crippen LogP contribution in [-0.4, -0.2) is 36.2 Å². The molecule has 1 atom stereocenters. The molecular formula is C21H25ClN6. The molecule has 2 aromatic carbocycles. The predicted octanol–water partition coefficient (Wildman–Crippen LogP) is 3.94. The number of hydrogen-bond donors (Lipinski definition) is 2. The minimum atomic E-state index is -0.409. The minimum absolute atomic E-state index is 0.280. The van der Waals surface area contributed by atoms with Gasteiger partial charge in [0.15, 0.2) is 0 Å². The number of aryl methyl sites for hydroxylation is 2. The molecule has 2 aliphatic rings. The molecule has 1 saturated heterocycles. The zero-order chi connectivity index (χ0) is 19.7. The summed E-state index contributed by atoms with van der Waals surface area (Å²) in [5, 5.41) is 4.13. The Morgan fingerprint density at radius 3 is 2.46 bits per heavy atom. The molecule has 3 N–H and O–H groups in total. The average molecular weight is 397 g/mol. The maximum absolute atomic E-state index is 6.17. The van der Waals surface area contributed by atoms with Gasteiger partial charge in [0.2, 0.25) is 18.2 Å². The lowest BCUT2D eigenvalue weighted by Gasteiger charge is -2.38. The molecule has 28 heavy (non-hydrogen) atoms. The normalized spacial score (nSPS) is 19.5. The predicted molar refractivity (Wildman–Crippen MR) is 117 cm³/mol. The highest BCUT2D eigenvalue weighted by molar-refractivity contribution is 6.30. The van der Waals surface area contributed by atoms with E-state index >= 15 is 0 Å². The Kier molecular flexibility index (Phi) is 5.13. The molecule has 0 bridgehead atoms. The van der Waals surface area contributed by atoms with Gasteiger partial charge in [0.1, 0.15) is 0 Å². The molecular weight excluding hydrogens is 372 g/mol. The van der Waals surface area contributed by atoms with E-state index in [2.05, 4.69) is 57.1 Å². The average Bonchev–Trinajstić information content (AvgIpc) is 3.15. The summed E-state index contributed by atoms with van der Waals surface area (Å²) >= 11 is 6.17. The van der Waals surface area contributed by atoms with Crippen LogP contribution in [0.4, 0.5) is 11.4 Å². The summed E-state index contributed by atoms with van der Waals surface area (Å²) in [4.78, 5) is 13.6. The van der Waals surface area contributed by atoms with Crippen LogP contribution in [0.25, 0.3) is 0 Å². The second-order valence-electron chi connectivity index (χ2n) is 7.34. The summed E-state index contributed by atoms with van der Waals surface area (Å²) in [6.07, 6.45) is 1.90. The fourth-order valence-electron chi connectivity index (χ4n) is 3.79. The van der Waals surface area contributed by atoms with Crippen molar-refractivity contribution in [3.8, 4) is 0 Å². The molecule has 0 aromatic heterocycles. The van der Waals surface area contributed by atoms with E-state index in [1.54, 1.807) is 0 Å². The van der Waals surface area contributed by atoms with Crippen molar-refractivity contribution in [1.82, 2.24) is 4.90 Å². The summed E-state index contributed by atoms with van der Waals surface area (Å²) in [7, 11) is 0. The van der Waals surface area contributed by atoms with Crippen LogP contribution in [0.1, 0.15) is 24.0 Å². The standard InChI is InChI=1S/C21H25ClN6/c1-14-10-15(2)12-18(11-14)28-20(24-17-7-5-6-16(22)13-17)25-19(23)26-21(28)27-8-3-4-9-27/h5-7,10-13,20,24H,3-4,8-9H2,1-2H3,(H2,23,25). The van der Waals surface area contributed by atoms with E-state index in [0.29, 0.717) is 5.02 Å². The minimum Gasteiger partial charge on any atom is -0.368 e. The number of benzene rings is 2. The zero-order valence-electron chi connectivity index (χ0n) is 16.2. The molecule has 6 nitrogen and oxygen atoms in total. The van der Waals surface area contributed by atoms with Crippen molar-refractivity contribution >= 4 is 34.9 Å². The Morgan fingerprint density at radius 2 is 1.79 bits per heavy atom. The monoisotopic (exact) mass is 396 g/mol. The van der Waals surface area contributed by atoms with Crippen molar-refractivity contribution in [2.24, 2.45) is 15.7 Å². The number of likely N-dealkylation sites (tertiary alicyclic amines) is 1. The maximum atomic E-state index is 6.17. The fourth-order valence-corrected chi connectivity index (χ4v) is 3.98. The molecule has 1 fully saturated rings. The van der Waals surface area contributed by atoms with Gasteiger partial charge in [-0.3, -0.25) is 4.90 Å². The first-order valence-corrected chi connectivity index (χ1v) is 9.94. The lowest BCUT2D eigenvalue weighted by atomic mass is 10.1. The third-order valence-electron chi connectivity index (χ3n) is 4.92. The van der Waals surface area contributed by atoms with Gasteiger partial charge in [0.05, 0.1) is 0 Å². The molecule has 1 unspecified atom stereocenters. The lowest BCUT2D eigenvalue weighted by Crippen LogP contribution is -2.54. The van der Waals surface area contributed by atoms with E-state index < -0.39 is 6.29 Å². The van der Waals surface area contributed by atoms with Gasteiger partial charge in [0, 0.05) is 29.5 Å². The number of nitrogens with one attached hydrogen (secondary N) is 1. The largest absolute Gasteiger partial charge is 0.368 e. The number of guanidine groups is 2. The summed E-state index contributed by atoms with van der Waals surface area (Å²) in [6.45, 7) is 6.14. The van der Waals surface area contributed by atoms with E-state index in [-0.39, 0.29) is 5.96 Å². The Labute approximate surface area is 170 Å². The van der Waals surface area contributed by atoms with Crippen LogP contribution in [0.2, 0.25) is 5.02 Å². The molecule has 0 amide bonds. The highest BCUT2D eigenvalue weighted by Crippen LogP contribution is 2.28. The van der Waals surface area contributed by atoms with Crippen LogP contribution < -0.4 is 16.0 Å². The number of nitrogens with two attached hydrogens (primary N) is 1. The Morgan fingerprint density at radius 1 is 1.07 bits per heavy atom. The van der Waals surface area contributed by atoms with Crippen molar-refractivity contribution in [1.29, 1.82) is 0 Å². The maximum Gasteiger partial charge on any atom is 0.222 e. The van der Waals surface area contributed by atoms with E-state index in [0.717, 1.165) is 43.3 Å². The fraction of sp³-hybridized carbons (Fsp3) is 0.333. The Hall–Kier alpha value is -2.73. The molecule has 0 saturated carbocycles. The Balaban J connectivity index is 1.76. The highest BCUT2D eigenvalue weighted by atomic mass is 35.5. The van der Waals surface area contributed by atoms with Crippen LogP contribution in [0, 0.1) is 13.8 Å². The summed E-state index contributed by atoms with van der Waals surface area (Å²) in [5.74, 6) is 1.12. The molecule has 7 heteroatoms. The van der Waals surface area contributed by atoms with Crippen molar-refractivity contribution in [3.63, 3.8) is 0 Å².